The summed E-state index contributed by atoms with van der Waals surface area (Å²) in [6.07, 6.45) is 4.76. The average Bonchev–Trinajstić information content (AvgIpc) is 2.77. The number of para-hydroxylation sites is 1. The van der Waals surface area contributed by atoms with Crippen molar-refractivity contribution in [2.24, 2.45) is 0 Å². The molecule has 1 aromatic carbocycles. The smallest absolute Gasteiger partial charge is 0.246 e. The molecule has 0 aliphatic heterocycles. The van der Waals surface area contributed by atoms with Crippen molar-refractivity contribution in [2.45, 2.75) is 19.8 Å². The molecule has 0 bridgehead atoms. The van der Waals surface area contributed by atoms with Crippen molar-refractivity contribution in [1.82, 2.24) is 4.98 Å². The number of nitrogens with zero attached hydrogens (tertiary/aromatic N) is 1. The lowest BCUT2D eigenvalue weighted by molar-refractivity contribution is -0.426. The van der Waals surface area contributed by atoms with Crippen LogP contribution in [0.25, 0.3) is 17.0 Å². The highest BCUT2D eigenvalue weighted by molar-refractivity contribution is 5.87. The van der Waals surface area contributed by atoms with E-state index in [0.29, 0.717) is 6.42 Å². The number of aromatic amines is 1. The highest BCUT2D eigenvalue weighted by atomic mass is 16.6. The molecule has 0 spiro atoms. The lowest BCUT2D eigenvalue weighted by atomic mass is 10.1. The van der Waals surface area contributed by atoms with E-state index in [1.807, 2.05) is 37.4 Å². The molecular weight excluding hydrogens is 216 g/mol. The topological polar surface area (TPSA) is 58.9 Å². The van der Waals surface area contributed by atoms with Crippen LogP contribution in [-0.2, 0) is 0 Å². The predicted molar refractivity (Wildman–Crippen MR) is 68.2 cm³/mol. The molecule has 0 saturated carbocycles. The maximum atomic E-state index is 10.9. The summed E-state index contributed by atoms with van der Waals surface area (Å²) in [5, 5.41) is 12.0. The summed E-state index contributed by atoms with van der Waals surface area (Å²) in [4.78, 5) is 13.7. The number of nitro groups is 1. The number of fused-ring (bicyclic) bond motifs is 1. The van der Waals surface area contributed by atoms with E-state index in [2.05, 4.69) is 4.98 Å². The van der Waals surface area contributed by atoms with Crippen molar-refractivity contribution in [2.75, 3.05) is 0 Å². The summed E-state index contributed by atoms with van der Waals surface area (Å²) in [6.45, 7) is 1.94. The number of hydrogen-bond acceptors (Lipinski definition) is 2. The molecule has 0 aliphatic carbocycles. The summed E-state index contributed by atoms with van der Waals surface area (Å²) in [5.74, 6) is 0. The zero-order chi connectivity index (χ0) is 12.3. The van der Waals surface area contributed by atoms with Crippen molar-refractivity contribution >= 4 is 17.0 Å². The van der Waals surface area contributed by atoms with Crippen molar-refractivity contribution in [3.05, 3.63) is 51.8 Å². The molecule has 1 heterocycles. The maximum absolute atomic E-state index is 10.9. The third kappa shape index (κ3) is 2.36. The van der Waals surface area contributed by atoms with Crippen molar-refractivity contribution in [1.29, 1.82) is 0 Å². The van der Waals surface area contributed by atoms with E-state index in [1.54, 1.807) is 6.08 Å². The summed E-state index contributed by atoms with van der Waals surface area (Å²) in [7, 11) is 0. The van der Waals surface area contributed by atoms with Crippen molar-refractivity contribution < 1.29 is 4.92 Å². The van der Waals surface area contributed by atoms with E-state index in [4.69, 9.17) is 0 Å². The van der Waals surface area contributed by atoms with Gasteiger partial charge in [-0.2, -0.15) is 0 Å². The molecule has 0 aliphatic rings. The molecular formula is C13H14N2O2. The zero-order valence-electron chi connectivity index (χ0n) is 9.64. The number of hydrogen-bond donors (Lipinski definition) is 1. The second-order valence-electron chi connectivity index (χ2n) is 3.93. The molecule has 0 saturated heterocycles. The van der Waals surface area contributed by atoms with Crippen LogP contribution in [0.5, 0.6) is 0 Å². The number of rotatable bonds is 4. The van der Waals surface area contributed by atoms with E-state index >= 15 is 0 Å². The SMILES string of the molecule is CCCC(=Cc1cccc2cc[nH]c12)[N+](=O)[O-]. The van der Waals surface area contributed by atoms with Crippen LogP contribution in [0.15, 0.2) is 36.2 Å². The van der Waals surface area contributed by atoms with Gasteiger partial charge >= 0.3 is 0 Å². The Hall–Kier alpha value is -2.10. The minimum atomic E-state index is -0.300. The number of allylic oxidation sites excluding steroid dienone is 1. The van der Waals surface area contributed by atoms with Gasteiger partial charge in [0.2, 0.25) is 5.70 Å². The zero-order valence-corrected chi connectivity index (χ0v) is 9.64. The van der Waals surface area contributed by atoms with E-state index in [1.165, 1.54) is 0 Å². The molecule has 4 nitrogen and oxygen atoms in total. The van der Waals surface area contributed by atoms with Crippen LogP contribution in [-0.4, -0.2) is 9.91 Å². The molecule has 2 rings (SSSR count). The van der Waals surface area contributed by atoms with Crippen LogP contribution < -0.4 is 0 Å². The number of H-pyrrole nitrogens is 1. The fourth-order valence-corrected chi connectivity index (χ4v) is 1.88. The Morgan fingerprint density at radius 3 is 3.00 bits per heavy atom. The van der Waals surface area contributed by atoms with Crippen LogP contribution in [0.3, 0.4) is 0 Å². The van der Waals surface area contributed by atoms with Crippen LogP contribution >= 0.6 is 0 Å². The fraction of sp³-hybridized carbons (Fsp3) is 0.231. The van der Waals surface area contributed by atoms with Gasteiger partial charge < -0.3 is 4.98 Å². The van der Waals surface area contributed by atoms with E-state index in [0.717, 1.165) is 22.9 Å². The molecule has 4 heteroatoms. The van der Waals surface area contributed by atoms with Crippen molar-refractivity contribution in [3.63, 3.8) is 0 Å². The first-order valence-electron chi connectivity index (χ1n) is 5.63. The number of aromatic nitrogens is 1. The van der Waals surface area contributed by atoms with E-state index in [-0.39, 0.29) is 10.6 Å². The van der Waals surface area contributed by atoms with Crippen LogP contribution in [0.2, 0.25) is 0 Å². The predicted octanol–water partition coefficient (Wildman–Crippen LogP) is 3.59. The third-order valence-electron chi connectivity index (χ3n) is 2.68. The molecule has 0 amide bonds. The van der Waals surface area contributed by atoms with Gasteiger partial charge in [-0.25, -0.2) is 0 Å². The highest BCUT2D eigenvalue weighted by Gasteiger charge is 2.10. The average molecular weight is 230 g/mol. The summed E-state index contributed by atoms with van der Waals surface area (Å²) in [6, 6.07) is 7.73. The van der Waals surface area contributed by atoms with E-state index < -0.39 is 0 Å². The van der Waals surface area contributed by atoms with Gasteiger partial charge in [0.25, 0.3) is 0 Å². The quantitative estimate of drug-likeness (QED) is 0.644. The third-order valence-corrected chi connectivity index (χ3v) is 2.68. The normalized spacial score (nSPS) is 11.9. The van der Waals surface area contributed by atoms with Crippen LogP contribution in [0.4, 0.5) is 0 Å². The van der Waals surface area contributed by atoms with Gasteiger partial charge in [-0.05, 0) is 17.9 Å². The monoisotopic (exact) mass is 230 g/mol. The number of benzene rings is 1. The maximum Gasteiger partial charge on any atom is 0.246 e. The van der Waals surface area contributed by atoms with Gasteiger partial charge in [-0.15, -0.1) is 0 Å². The molecule has 0 atom stereocenters. The Balaban J connectivity index is 2.48. The van der Waals surface area contributed by atoms with Gasteiger partial charge in [-0.3, -0.25) is 10.1 Å². The molecule has 1 N–H and O–H groups in total. The minimum absolute atomic E-state index is 0.259. The van der Waals surface area contributed by atoms with Gasteiger partial charge in [-0.1, -0.05) is 25.1 Å². The summed E-state index contributed by atoms with van der Waals surface area (Å²) >= 11 is 0. The Kier molecular flexibility index (Phi) is 3.23. The largest absolute Gasteiger partial charge is 0.361 e. The summed E-state index contributed by atoms with van der Waals surface area (Å²) in [5.41, 5.74) is 2.07. The second-order valence-corrected chi connectivity index (χ2v) is 3.93. The molecule has 17 heavy (non-hydrogen) atoms. The Morgan fingerprint density at radius 1 is 1.47 bits per heavy atom. The molecule has 0 radical (unpaired) electrons. The molecule has 0 fully saturated rings. The minimum Gasteiger partial charge on any atom is -0.361 e. The molecule has 88 valence electrons. The Morgan fingerprint density at radius 2 is 2.29 bits per heavy atom. The van der Waals surface area contributed by atoms with Gasteiger partial charge in [0.1, 0.15) is 0 Å². The van der Waals surface area contributed by atoms with Crippen molar-refractivity contribution in [3.8, 4) is 0 Å². The number of nitrogens with one attached hydrogen (secondary N) is 1. The molecule has 0 unspecified atom stereocenters. The summed E-state index contributed by atoms with van der Waals surface area (Å²) < 4.78 is 0. The molecule has 1 aromatic heterocycles. The first-order chi connectivity index (χ1) is 8.22. The first kappa shape index (κ1) is 11.4. The van der Waals surface area contributed by atoms with E-state index in [9.17, 15) is 10.1 Å². The van der Waals surface area contributed by atoms with Crippen LogP contribution in [0.1, 0.15) is 25.3 Å². The van der Waals surface area contributed by atoms with Gasteiger partial charge in [0, 0.05) is 24.3 Å². The Bertz CT molecular complexity index is 570. The van der Waals surface area contributed by atoms with Gasteiger partial charge in [0.15, 0.2) is 0 Å². The van der Waals surface area contributed by atoms with Crippen LogP contribution in [0, 0.1) is 10.1 Å². The Labute approximate surface area is 99.1 Å². The fourth-order valence-electron chi connectivity index (χ4n) is 1.88. The lowest BCUT2D eigenvalue weighted by Crippen LogP contribution is -1.98. The highest BCUT2D eigenvalue weighted by Crippen LogP contribution is 2.20. The lowest BCUT2D eigenvalue weighted by Gasteiger charge is -1.99. The van der Waals surface area contributed by atoms with Gasteiger partial charge in [0.05, 0.1) is 10.4 Å². The first-order valence-corrected chi connectivity index (χ1v) is 5.63. The molecule has 2 aromatic rings. The standard InChI is InChI=1S/C13H14N2O2/c1-2-4-12(15(16)17)9-11-6-3-5-10-7-8-14-13(10)11/h3,5-9,14H,2,4H2,1H3. The second kappa shape index (κ2) is 4.82.